The Kier molecular flexibility index (Phi) is 3.58. The van der Waals surface area contributed by atoms with Crippen LogP contribution in [0.1, 0.15) is 45.4 Å². The van der Waals surface area contributed by atoms with Gasteiger partial charge in [0.05, 0.1) is 0 Å². The average Bonchev–Trinajstić information content (AvgIpc) is 2.48. The second-order valence-electron chi connectivity index (χ2n) is 8.11. The molecule has 2 N–H and O–H groups in total. The first kappa shape index (κ1) is 15.0. The van der Waals surface area contributed by atoms with Crippen molar-refractivity contribution in [1.82, 2.24) is 5.32 Å². The Hall–Kier alpha value is -1.58. The van der Waals surface area contributed by atoms with Crippen molar-refractivity contribution in [2.75, 3.05) is 5.32 Å². The molecule has 2 amide bonds. The van der Waals surface area contributed by atoms with E-state index >= 15 is 0 Å². The Bertz CT molecular complexity index is 563. The zero-order chi connectivity index (χ0) is 16.0. The predicted octanol–water partition coefficient (Wildman–Crippen LogP) is 4.55. The van der Waals surface area contributed by atoms with Crippen LogP contribution in [-0.2, 0) is 0 Å². The zero-order valence-electron chi connectivity index (χ0n) is 13.6. The molecule has 0 aliphatic heterocycles. The third kappa shape index (κ3) is 2.84. The van der Waals surface area contributed by atoms with E-state index in [0.29, 0.717) is 11.1 Å². The van der Waals surface area contributed by atoms with Gasteiger partial charge in [-0.05, 0) is 92.9 Å². The minimum Gasteiger partial charge on any atom is -0.335 e. The van der Waals surface area contributed by atoms with Crippen molar-refractivity contribution in [1.29, 1.82) is 0 Å². The van der Waals surface area contributed by atoms with Crippen molar-refractivity contribution in [3.63, 3.8) is 0 Å². The van der Waals surface area contributed by atoms with Gasteiger partial charge in [-0.3, -0.25) is 0 Å². The summed E-state index contributed by atoms with van der Waals surface area (Å²) in [4.78, 5) is 12.3. The first-order valence-electron chi connectivity index (χ1n) is 8.85. The van der Waals surface area contributed by atoms with E-state index in [9.17, 15) is 9.18 Å². The van der Waals surface area contributed by atoms with Crippen LogP contribution in [0.4, 0.5) is 14.9 Å². The van der Waals surface area contributed by atoms with Gasteiger partial charge in [0.1, 0.15) is 5.82 Å². The van der Waals surface area contributed by atoms with E-state index < -0.39 is 0 Å². The summed E-state index contributed by atoms with van der Waals surface area (Å²) >= 11 is 0. The predicted molar refractivity (Wildman–Crippen MR) is 88.6 cm³/mol. The molecule has 124 valence electrons. The molecule has 0 saturated heterocycles. The highest BCUT2D eigenvalue weighted by molar-refractivity contribution is 5.89. The number of amides is 2. The van der Waals surface area contributed by atoms with Gasteiger partial charge in [-0.15, -0.1) is 0 Å². The first-order valence-corrected chi connectivity index (χ1v) is 8.85. The molecule has 1 unspecified atom stereocenters. The van der Waals surface area contributed by atoms with Crippen molar-refractivity contribution in [3.8, 4) is 0 Å². The highest BCUT2D eigenvalue weighted by Gasteiger charge is 2.53. The molecule has 3 nitrogen and oxygen atoms in total. The van der Waals surface area contributed by atoms with E-state index in [4.69, 9.17) is 0 Å². The Morgan fingerprint density at radius 2 is 1.61 bits per heavy atom. The molecule has 0 aromatic heterocycles. The van der Waals surface area contributed by atoms with Gasteiger partial charge >= 0.3 is 6.03 Å². The van der Waals surface area contributed by atoms with E-state index in [-0.39, 0.29) is 17.9 Å². The van der Waals surface area contributed by atoms with Gasteiger partial charge in [0, 0.05) is 11.7 Å². The molecule has 4 fully saturated rings. The van der Waals surface area contributed by atoms with Crippen molar-refractivity contribution in [3.05, 3.63) is 30.1 Å². The molecule has 1 aromatic carbocycles. The number of nitrogens with one attached hydrogen (secondary N) is 2. The quantitative estimate of drug-likeness (QED) is 0.844. The van der Waals surface area contributed by atoms with Crippen LogP contribution in [0.3, 0.4) is 0 Å². The van der Waals surface area contributed by atoms with E-state index in [1.165, 1.54) is 50.7 Å². The molecular formula is C19H25FN2O. The fourth-order valence-corrected chi connectivity index (χ4v) is 5.76. The van der Waals surface area contributed by atoms with Gasteiger partial charge in [-0.25, -0.2) is 9.18 Å². The lowest BCUT2D eigenvalue weighted by Gasteiger charge is -2.59. The summed E-state index contributed by atoms with van der Waals surface area (Å²) in [5.41, 5.74) is 0.927. The molecule has 4 heteroatoms. The van der Waals surface area contributed by atoms with Crippen LogP contribution in [0.2, 0.25) is 0 Å². The maximum Gasteiger partial charge on any atom is 0.319 e. The number of carbonyl (C=O) groups excluding carboxylic acids is 1. The summed E-state index contributed by atoms with van der Waals surface area (Å²) in [5.74, 6) is 2.35. The molecule has 4 bridgehead atoms. The molecule has 5 rings (SSSR count). The van der Waals surface area contributed by atoms with Crippen LogP contribution in [0.15, 0.2) is 24.3 Å². The average molecular weight is 316 g/mol. The molecule has 0 radical (unpaired) electrons. The first-order chi connectivity index (χ1) is 11.0. The maximum atomic E-state index is 12.9. The van der Waals surface area contributed by atoms with E-state index in [2.05, 4.69) is 17.6 Å². The van der Waals surface area contributed by atoms with Gasteiger partial charge in [0.15, 0.2) is 0 Å². The van der Waals surface area contributed by atoms with Gasteiger partial charge in [-0.2, -0.15) is 0 Å². The van der Waals surface area contributed by atoms with Crippen LogP contribution >= 0.6 is 0 Å². The normalized spacial score (nSPS) is 35.8. The van der Waals surface area contributed by atoms with Crippen LogP contribution in [0.5, 0.6) is 0 Å². The van der Waals surface area contributed by atoms with Crippen LogP contribution in [0, 0.1) is 29.0 Å². The number of carbonyl (C=O) groups is 1. The Morgan fingerprint density at radius 3 is 2.13 bits per heavy atom. The highest BCUT2D eigenvalue weighted by Crippen LogP contribution is 2.61. The lowest BCUT2D eigenvalue weighted by atomic mass is 9.48. The Balaban J connectivity index is 1.40. The number of rotatable bonds is 3. The molecule has 4 aliphatic rings. The Morgan fingerprint density at radius 1 is 1.09 bits per heavy atom. The maximum absolute atomic E-state index is 12.9. The molecule has 23 heavy (non-hydrogen) atoms. The van der Waals surface area contributed by atoms with Crippen molar-refractivity contribution in [2.24, 2.45) is 23.2 Å². The standard InChI is InChI=1S/C19H25FN2O/c1-12(21-18(23)22-17-4-2-16(20)3-5-17)19-9-13-6-14(10-19)8-15(7-13)11-19/h2-5,12-15H,6-11H2,1H3,(H2,21,22,23). The topological polar surface area (TPSA) is 41.1 Å². The molecule has 0 heterocycles. The fraction of sp³-hybridized carbons (Fsp3) is 0.632. The summed E-state index contributed by atoms with van der Waals surface area (Å²) in [6.07, 6.45) is 8.06. The fourth-order valence-electron chi connectivity index (χ4n) is 5.76. The molecule has 1 atom stereocenters. The van der Waals surface area contributed by atoms with Crippen LogP contribution in [0.25, 0.3) is 0 Å². The van der Waals surface area contributed by atoms with Gasteiger partial charge in [0.2, 0.25) is 0 Å². The largest absolute Gasteiger partial charge is 0.335 e. The lowest BCUT2D eigenvalue weighted by molar-refractivity contribution is -0.0679. The SMILES string of the molecule is CC(NC(=O)Nc1ccc(F)cc1)C12CC3CC(CC(C3)C1)C2. The summed E-state index contributed by atoms with van der Waals surface area (Å²) in [5, 5.41) is 5.97. The second-order valence-corrected chi connectivity index (χ2v) is 8.11. The summed E-state index contributed by atoms with van der Waals surface area (Å²) < 4.78 is 12.9. The molecule has 0 spiro atoms. The van der Waals surface area contributed by atoms with Gasteiger partial charge in [0.25, 0.3) is 0 Å². The van der Waals surface area contributed by atoms with Gasteiger partial charge < -0.3 is 10.6 Å². The number of halogens is 1. The second kappa shape index (κ2) is 5.50. The van der Waals surface area contributed by atoms with Crippen LogP contribution < -0.4 is 10.6 Å². The molecule has 1 aromatic rings. The van der Waals surface area contributed by atoms with Crippen LogP contribution in [-0.4, -0.2) is 12.1 Å². The Labute approximate surface area is 137 Å². The van der Waals surface area contributed by atoms with Gasteiger partial charge in [-0.1, -0.05) is 0 Å². The van der Waals surface area contributed by atoms with Crippen molar-refractivity contribution >= 4 is 11.7 Å². The minimum atomic E-state index is -0.294. The third-order valence-electron chi connectivity index (χ3n) is 6.45. The number of anilines is 1. The zero-order valence-corrected chi connectivity index (χ0v) is 13.6. The number of hydrogen-bond acceptors (Lipinski definition) is 1. The van der Waals surface area contributed by atoms with E-state index in [0.717, 1.165) is 17.8 Å². The number of benzene rings is 1. The third-order valence-corrected chi connectivity index (χ3v) is 6.45. The monoisotopic (exact) mass is 316 g/mol. The molecular weight excluding hydrogens is 291 g/mol. The lowest BCUT2D eigenvalue weighted by Crippen LogP contribution is -2.56. The number of urea groups is 1. The highest BCUT2D eigenvalue weighted by atomic mass is 19.1. The van der Waals surface area contributed by atoms with Crippen molar-refractivity contribution < 1.29 is 9.18 Å². The molecule has 4 saturated carbocycles. The summed E-state index contributed by atoms with van der Waals surface area (Å²) in [7, 11) is 0. The summed E-state index contributed by atoms with van der Waals surface area (Å²) in [6.45, 7) is 2.16. The summed E-state index contributed by atoms with van der Waals surface area (Å²) in [6, 6.07) is 5.90. The number of hydrogen-bond donors (Lipinski definition) is 2. The molecule has 4 aliphatic carbocycles. The minimum absolute atomic E-state index is 0.181. The van der Waals surface area contributed by atoms with E-state index in [1.54, 1.807) is 12.1 Å². The van der Waals surface area contributed by atoms with E-state index in [1.807, 2.05) is 0 Å². The smallest absolute Gasteiger partial charge is 0.319 e. The van der Waals surface area contributed by atoms with Crippen molar-refractivity contribution in [2.45, 2.75) is 51.5 Å².